The predicted molar refractivity (Wildman–Crippen MR) is 132 cm³/mol. The highest BCUT2D eigenvalue weighted by molar-refractivity contribution is 5.77. The van der Waals surface area contributed by atoms with Crippen molar-refractivity contribution < 1.29 is 23.7 Å². The molecule has 0 radical (unpaired) electrons. The average Bonchev–Trinajstić information content (AvgIpc) is 3.55. The number of nitrogens with zero attached hydrogens (tertiary/aromatic N) is 5. The maximum atomic E-state index is 13.3. The van der Waals surface area contributed by atoms with E-state index < -0.39 is 0 Å². The van der Waals surface area contributed by atoms with E-state index in [9.17, 15) is 4.79 Å². The van der Waals surface area contributed by atoms with Crippen LogP contribution in [-0.4, -0.2) is 51.4 Å². The molecule has 3 aromatic rings. The van der Waals surface area contributed by atoms with Crippen LogP contribution in [0.5, 0.6) is 11.5 Å². The standard InChI is InChI=1S/C28H27N5O5/c29-11-26-30-14-32(31-26)28(34)33-22-3-4-23(33)10-19(9-22)27(17-1-5-24-20(7-17)12-35-15-37-24)18-2-6-25-21(8-18)13-36-16-38-25/h1-2,5-8,14,19,22-23,27H,3-4,9-10,12-13,15-16H2. The molecule has 2 bridgehead atoms. The number of fused-ring (bicyclic) bond motifs is 4. The smallest absolute Gasteiger partial charge is 0.346 e. The third kappa shape index (κ3) is 3.99. The number of piperidine rings is 1. The highest BCUT2D eigenvalue weighted by atomic mass is 16.7. The summed E-state index contributed by atoms with van der Waals surface area (Å²) in [6.07, 6.45) is 5.00. The minimum atomic E-state index is -0.201. The molecule has 7 rings (SSSR count). The van der Waals surface area contributed by atoms with Crippen LogP contribution in [0.3, 0.4) is 0 Å². The molecule has 2 atom stereocenters. The Balaban J connectivity index is 1.22. The lowest BCUT2D eigenvalue weighted by atomic mass is 9.73. The third-order valence-corrected chi connectivity index (χ3v) is 8.25. The highest BCUT2D eigenvalue weighted by Crippen LogP contribution is 2.48. The highest BCUT2D eigenvalue weighted by Gasteiger charge is 2.46. The summed E-state index contributed by atoms with van der Waals surface area (Å²) in [5.41, 5.74) is 4.54. The van der Waals surface area contributed by atoms with E-state index in [0.717, 1.165) is 48.3 Å². The lowest BCUT2D eigenvalue weighted by Gasteiger charge is -2.42. The van der Waals surface area contributed by atoms with Gasteiger partial charge in [0.1, 0.15) is 23.9 Å². The number of aromatic nitrogens is 3. The largest absolute Gasteiger partial charge is 0.467 e. The van der Waals surface area contributed by atoms with Crippen LogP contribution in [0.15, 0.2) is 42.7 Å². The fourth-order valence-electron chi connectivity index (χ4n) is 6.67. The van der Waals surface area contributed by atoms with E-state index in [2.05, 4.69) is 46.5 Å². The number of nitriles is 1. The number of ether oxygens (including phenoxy) is 4. The second-order valence-corrected chi connectivity index (χ2v) is 10.4. The number of hydrogen-bond donors (Lipinski definition) is 0. The molecule has 2 saturated heterocycles. The maximum absolute atomic E-state index is 13.3. The van der Waals surface area contributed by atoms with Crippen molar-refractivity contribution >= 4 is 6.03 Å². The zero-order chi connectivity index (χ0) is 25.6. The van der Waals surface area contributed by atoms with Crippen molar-refractivity contribution in [2.24, 2.45) is 5.92 Å². The monoisotopic (exact) mass is 513 g/mol. The fraction of sp³-hybridized carbons (Fsp3) is 0.429. The second kappa shape index (κ2) is 9.42. The van der Waals surface area contributed by atoms with Gasteiger partial charge in [-0.05, 0) is 67.0 Å². The number of carbonyl (C=O) groups is 1. The molecule has 4 aliphatic rings. The van der Waals surface area contributed by atoms with Crippen molar-refractivity contribution in [1.82, 2.24) is 19.7 Å². The van der Waals surface area contributed by atoms with Gasteiger partial charge < -0.3 is 23.8 Å². The minimum absolute atomic E-state index is 0.00128. The van der Waals surface area contributed by atoms with Gasteiger partial charge in [-0.1, -0.05) is 12.1 Å². The van der Waals surface area contributed by atoms with Crippen LogP contribution in [0, 0.1) is 17.2 Å². The van der Waals surface area contributed by atoms with E-state index in [1.54, 1.807) is 0 Å². The van der Waals surface area contributed by atoms with Gasteiger partial charge in [-0.25, -0.2) is 9.78 Å². The Bertz CT molecular complexity index is 1360. The van der Waals surface area contributed by atoms with Crippen molar-refractivity contribution in [3.63, 3.8) is 0 Å². The molecule has 2 fully saturated rings. The molecule has 5 heterocycles. The van der Waals surface area contributed by atoms with E-state index in [1.165, 1.54) is 22.1 Å². The molecule has 10 nitrogen and oxygen atoms in total. The van der Waals surface area contributed by atoms with Crippen molar-refractivity contribution in [3.05, 3.63) is 70.8 Å². The number of amides is 1. The number of rotatable bonds is 3. The van der Waals surface area contributed by atoms with Gasteiger partial charge in [0.25, 0.3) is 5.82 Å². The molecule has 0 spiro atoms. The Hall–Kier alpha value is -3.94. The first-order valence-electron chi connectivity index (χ1n) is 13.0. The summed E-state index contributed by atoms with van der Waals surface area (Å²) in [5, 5.41) is 13.1. The predicted octanol–water partition coefficient (Wildman–Crippen LogP) is 3.93. The zero-order valence-electron chi connectivity index (χ0n) is 20.8. The summed E-state index contributed by atoms with van der Waals surface area (Å²) in [6.45, 7) is 1.61. The molecule has 0 N–H and O–H groups in total. The van der Waals surface area contributed by atoms with Gasteiger partial charge in [0.2, 0.25) is 0 Å². The average molecular weight is 514 g/mol. The van der Waals surface area contributed by atoms with Crippen LogP contribution in [0.1, 0.15) is 59.7 Å². The van der Waals surface area contributed by atoms with E-state index in [0.29, 0.717) is 19.1 Å². The molecule has 0 saturated carbocycles. The summed E-state index contributed by atoms with van der Waals surface area (Å²) < 4.78 is 23.7. The number of benzene rings is 2. The van der Waals surface area contributed by atoms with Crippen LogP contribution in [0.4, 0.5) is 4.79 Å². The molecule has 1 amide bonds. The minimum Gasteiger partial charge on any atom is -0.467 e. The summed E-state index contributed by atoms with van der Waals surface area (Å²) in [5.74, 6) is 2.20. The second-order valence-electron chi connectivity index (χ2n) is 10.4. The molecule has 194 valence electrons. The molecular formula is C28H27N5O5. The van der Waals surface area contributed by atoms with Crippen molar-refractivity contribution in [2.45, 2.75) is 56.9 Å². The van der Waals surface area contributed by atoms with Gasteiger partial charge in [0, 0.05) is 29.1 Å². The lowest BCUT2D eigenvalue weighted by Crippen LogP contribution is -2.49. The Labute approximate surface area is 219 Å². The molecule has 38 heavy (non-hydrogen) atoms. The first kappa shape index (κ1) is 23.2. The molecule has 10 heteroatoms. The van der Waals surface area contributed by atoms with E-state index in [-0.39, 0.29) is 43.4 Å². The van der Waals surface area contributed by atoms with Crippen LogP contribution in [0.25, 0.3) is 0 Å². The molecule has 2 aromatic carbocycles. The SMILES string of the molecule is N#Cc1ncn(C(=O)N2C3CCC2CC(C(c2ccc4c(c2)COCO4)c2ccc4c(c2)COCO4)C3)n1. The van der Waals surface area contributed by atoms with E-state index in [1.807, 2.05) is 11.0 Å². The Morgan fingerprint density at radius 3 is 2.11 bits per heavy atom. The van der Waals surface area contributed by atoms with Gasteiger partial charge in [0.15, 0.2) is 13.6 Å². The Kier molecular flexibility index (Phi) is 5.75. The summed E-state index contributed by atoms with van der Waals surface area (Å²) in [6, 6.07) is 14.8. The third-order valence-electron chi connectivity index (χ3n) is 8.25. The van der Waals surface area contributed by atoms with Gasteiger partial charge in [-0.2, -0.15) is 9.94 Å². The number of hydrogen-bond acceptors (Lipinski definition) is 8. The molecule has 2 unspecified atom stereocenters. The first-order valence-corrected chi connectivity index (χ1v) is 13.0. The molecule has 0 aliphatic carbocycles. The summed E-state index contributed by atoms with van der Waals surface area (Å²) in [7, 11) is 0. The number of carbonyl (C=O) groups excluding carboxylic acids is 1. The molecule has 4 aliphatic heterocycles. The van der Waals surface area contributed by atoms with Crippen molar-refractivity contribution in [2.75, 3.05) is 13.6 Å². The van der Waals surface area contributed by atoms with Crippen LogP contribution < -0.4 is 9.47 Å². The topological polar surface area (TPSA) is 112 Å². The van der Waals surface area contributed by atoms with Gasteiger partial charge in [0.05, 0.1) is 13.2 Å². The lowest BCUT2D eigenvalue weighted by molar-refractivity contribution is -0.0164. The zero-order valence-corrected chi connectivity index (χ0v) is 20.8. The quantitative estimate of drug-likeness (QED) is 0.518. The summed E-state index contributed by atoms with van der Waals surface area (Å²) in [4.78, 5) is 19.2. The molecule has 1 aromatic heterocycles. The normalized spacial score (nSPS) is 23.7. The van der Waals surface area contributed by atoms with Gasteiger partial charge in [-0.3, -0.25) is 0 Å². The van der Waals surface area contributed by atoms with Crippen molar-refractivity contribution in [1.29, 1.82) is 5.26 Å². The van der Waals surface area contributed by atoms with Crippen molar-refractivity contribution in [3.8, 4) is 17.6 Å². The van der Waals surface area contributed by atoms with Crippen LogP contribution in [-0.2, 0) is 22.7 Å². The Morgan fingerprint density at radius 1 is 0.947 bits per heavy atom. The Morgan fingerprint density at radius 2 is 1.55 bits per heavy atom. The van der Waals surface area contributed by atoms with Gasteiger partial charge >= 0.3 is 6.03 Å². The first-order chi connectivity index (χ1) is 18.7. The molecular weight excluding hydrogens is 486 g/mol. The summed E-state index contributed by atoms with van der Waals surface area (Å²) >= 11 is 0. The van der Waals surface area contributed by atoms with Gasteiger partial charge in [-0.15, -0.1) is 5.10 Å². The maximum Gasteiger partial charge on any atom is 0.346 e. The van der Waals surface area contributed by atoms with Crippen LogP contribution >= 0.6 is 0 Å². The fourth-order valence-corrected chi connectivity index (χ4v) is 6.67. The van der Waals surface area contributed by atoms with Crippen LogP contribution in [0.2, 0.25) is 0 Å². The van der Waals surface area contributed by atoms with E-state index in [4.69, 9.17) is 24.2 Å². The van der Waals surface area contributed by atoms with E-state index >= 15 is 0 Å².